The molecule has 0 unspecified atom stereocenters. The van der Waals surface area contributed by atoms with Crippen LogP contribution in [0.4, 0.5) is 0 Å². The Kier molecular flexibility index (Phi) is 13.6. The highest BCUT2D eigenvalue weighted by atomic mass is 35.5. The van der Waals surface area contributed by atoms with Crippen LogP contribution in [0.3, 0.4) is 0 Å². The van der Waals surface area contributed by atoms with E-state index in [2.05, 4.69) is 7.05 Å². The number of fused-ring (bicyclic) bond motifs is 1. The highest BCUT2D eigenvalue weighted by Crippen LogP contribution is 2.45. The summed E-state index contributed by atoms with van der Waals surface area (Å²) in [6.07, 6.45) is 2.69. The van der Waals surface area contributed by atoms with Gasteiger partial charge in [0.15, 0.2) is 23.0 Å². The van der Waals surface area contributed by atoms with E-state index in [0.717, 1.165) is 29.7 Å². The Hall–Kier alpha value is -3.34. The Morgan fingerprint density at radius 2 is 1.49 bits per heavy atom. The van der Waals surface area contributed by atoms with Crippen molar-refractivity contribution in [1.29, 1.82) is 0 Å². The van der Waals surface area contributed by atoms with Crippen LogP contribution >= 0.6 is 24.8 Å². The molecule has 0 aliphatic carbocycles. The lowest BCUT2D eigenvalue weighted by molar-refractivity contribution is -0.941. The highest BCUT2D eigenvalue weighted by molar-refractivity contribution is 5.93. The maximum absolute atomic E-state index is 11.5. The Labute approximate surface area is 253 Å². The summed E-state index contributed by atoms with van der Waals surface area (Å²) in [4.78, 5) is 22.5. The first-order chi connectivity index (χ1) is 18.6. The van der Waals surface area contributed by atoms with E-state index in [0.29, 0.717) is 58.7 Å². The third kappa shape index (κ3) is 8.12. The Bertz CT molecular complexity index is 1230. The average molecular weight is 617 g/mol. The van der Waals surface area contributed by atoms with Crippen LogP contribution in [-0.2, 0) is 22.4 Å². The summed E-state index contributed by atoms with van der Waals surface area (Å²) in [7, 11) is 10.1. The number of likely N-dealkylation sites (N-methyl/N-ethyl adjacent to an activating group) is 1. The van der Waals surface area contributed by atoms with Crippen molar-refractivity contribution in [1.82, 2.24) is 0 Å². The number of rotatable bonds is 13. The number of hydrogen-bond acceptors (Lipinski definition) is 8. The van der Waals surface area contributed by atoms with Crippen LogP contribution in [0.15, 0.2) is 35.9 Å². The molecule has 1 heterocycles. The lowest BCUT2D eigenvalue weighted by Crippen LogP contribution is -2.52. The SMILES string of the molecule is COc1cc2c(cc1OC)[C@@H](Cc1cc(OC)c(OC)c(OC)c1)[N@@+](C)(CCCC(=CC(=O)O)C(=O)[O-])CC2.Cl.Cl. The minimum atomic E-state index is -1.46. The maximum Gasteiger partial charge on any atom is 0.328 e. The van der Waals surface area contributed by atoms with Gasteiger partial charge < -0.3 is 43.2 Å². The van der Waals surface area contributed by atoms with Gasteiger partial charge in [0.25, 0.3) is 0 Å². The number of carboxylic acid groups (broad SMARTS) is 2. The number of hydrogen-bond donors (Lipinski definition) is 1. The normalized spacial score (nSPS) is 17.7. The molecular formula is C29H39Cl2NO9. The first-order valence-electron chi connectivity index (χ1n) is 12.6. The molecule has 0 bridgehead atoms. The summed E-state index contributed by atoms with van der Waals surface area (Å²) in [6, 6.07) is 7.87. The van der Waals surface area contributed by atoms with Crippen molar-refractivity contribution < 1.29 is 48.0 Å². The zero-order chi connectivity index (χ0) is 28.7. The van der Waals surface area contributed by atoms with Crippen LogP contribution in [0, 0.1) is 0 Å². The minimum Gasteiger partial charge on any atom is -0.545 e. The topological polar surface area (TPSA) is 124 Å². The molecule has 10 nitrogen and oxygen atoms in total. The molecule has 1 aliphatic rings. The van der Waals surface area contributed by atoms with Gasteiger partial charge in [-0.1, -0.05) is 0 Å². The van der Waals surface area contributed by atoms with Crippen molar-refractivity contribution in [2.45, 2.75) is 31.7 Å². The number of benzene rings is 2. The molecule has 3 rings (SSSR count). The largest absolute Gasteiger partial charge is 0.545 e. The molecule has 0 saturated heterocycles. The smallest absolute Gasteiger partial charge is 0.328 e. The summed E-state index contributed by atoms with van der Waals surface area (Å²) in [6.45, 7) is 1.41. The second-order valence-corrected chi connectivity index (χ2v) is 9.73. The highest BCUT2D eigenvalue weighted by Gasteiger charge is 2.40. The van der Waals surface area contributed by atoms with Crippen LogP contribution in [0.1, 0.15) is 35.6 Å². The van der Waals surface area contributed by atoms with Crippen molar-refractivity contribution in [2.75, 3.05) is 55.7 Å². The monoisotopic (exact) mass is 615 g/mol. The molecule has 228 valence electrons. The predicted molar refractivity (Wildman–Crippen MR) is 156 cm³/mol. The molecule has 0 amide bonds. The van der Waals surface area contributed by atoms with Crippen LogP contribution in [0.5, 0.6) is 28.7 Å². The number of quaternary nitrogens is 1. The van der Waals surface area contributed by atoms with E-state index in [4.69, 9.17) is 28.8 Å². The van der Waals surface area contributed by atoms with Gasteiger partial charge in [-0.05, 0) is 47.4 Å². The first kappa shape index (κ1) is 35.7. The van der Waals surface area contributed by atoms with E-state index < -0.39 is 11.9 Å². The lowest BCUT2D eigenvalue weighted by Gasteiger charge is -2.46. The fourth-order valence-electron chi connectivity index (χ4n) is 5.42. The second kappa shape index (κ2) is 15.6. The van der Waals surface area contributed by atoms with Crippen molar-refractivity contribution >= 4 is 36.8 Å². The molecular weight excluding hydrogens is 577 g/mol. The average Bonchev–Trinajstić information content (AvgIpc) is 2.92. The van der Waals surface area contributed by atoms with Crippen LogP contribution < -0.4 is 28.8 Å². The van der Waals surface area contributed by atoms with E-state index in [9.17, 15) is 14.7 Å². The molecule has 41 heavy (non-hydrogen) atoms. The quantitative estimate of drug-likeness (QED) is 0.267. The number of aliphatic carboxylic acids is 2. The summed E-state index contributed by atoms with van der Waals surface area (Å²) >= 11 is 0. The molecule has 0 fully saturated rings. The van der Waals surface area contributed by atoms with Gasteiger partial charge >= 0.3 is 5.97 Å². The number of carbonyl (C=O) groups excluding carboxylic acids is 1. The Balaban J connectivity index is 0.00000420. The number of nitrogens with zero attached hydrogens (tertiary/aromatic N) is 1. The third-order valence-corrected chi connectivity index (χ3v) is 7.48. The molecule has 2 aromatic carbocycles. The van der Waals surface area contributed by atoms with E-state index in [1.54, 1.807) is 35.5 Å². The zero-order valence-corrected chi connectivity index (χ0v) is 25.8. The fraction of sp³-hybridized carbons (Fsp3) is 0.448. The van der Waals surface area contributed by atoms with Crippen LogP contribution in [0.25, 0.3) is 0 Å². The van der Waals surface area contributed by atoms with Gasteiger partial charge in [0.05, 0.1) is 61.7 Å². The summed E-state index contributed by atoms with van der Waals surface area (Å²) in [5.41, 5.74) is 3.01. The molecule has 0 spiro atoms. The van der Waals surface area contributed by atoms with E-state index in [-0.39, 0.29) is 42.8 Å². The van der Waals surface area contributed by atoms with Crippen LogP contribution in [0.2, 0.25) is 0 Å². The number of ether oxygens (including phenoxy) is 5. The molecule has 12 heteroatoms. The molecule has 0 radical (unpaired) electrons. The van der Waals surface area contributed by atoms with Gasteiger partial charge in [0, 0.05) is 30.9 Å². The molecule has 2 atom stereocenters. The molecule has 0 saturated carbocycles. The molecule has 0 aromatic heterocycles. The van der Waals surface area contributed by atoms with Gasteiger partial charge in [-0.2, -0.15) is 0 Å². The van der Waals surface area contributed by atoms with E-state index >= 15 is 0 Å². The van der Waals surface area contributed by atoms with Crippen molar-refractivity contribution in [3.8, 4) is 28.7 Å². The van der Waals surface area contributed by atoms with Crippen LogP contribution in [-0.4, -0.2) is 77.2 Å². The number of carbonyl (C=O) groups is 2. The molecule has 2 aromatic rings. The summed E-state index contributed by atoms with van der Waals surface area (Å²) in [5.74, 6) is 0.150. The number of carboxylic acids is 2. The standard InChI is InChI=1S/C29H37NO9.2ClH/c1-30(10-7-8-20(29(33)34)16-27(31)32)11-9-19-15-23(35-2)24(36-3)17-21(19)22(30)12-18-13-25(37-4)28(39-6)26(14-18)38-5;;/h13-17,22H,7-12H2,1-6H3,(H-,31,32,33,34);2*1H/t22-,30+;;/m1../s1. The first-order valence-corrected chi connectivity index (χ1v) is 12.6. The number of halogens is 2. The summed E-state index contributed by atoms with van der Waals surface area (Å²) < 4.78 is 28.4. The molecule has 1 aliphatic heterocycles. The van der Waals surface area contributed by atoms with Crippen molar-refractivity contribution in [3.63, 3.8) is 0 Å². The third-order valence-electron chi connectivity index (χ3n) is 7.48. The van der Waals surface area contributed by atoms with Gasteiger partial charge in [-0.25, -0.2) is 4.79 Å². The fourth-order valence-corrected chi connectivity index (χ4v) is 5.42. The second-order valence-electron chi connectivity index (χ2n) is 9.73. The molecule has 1 N–H and O–H groups in total. The maximum atomic E-state index is 11.5. The van der Waals surface area contributed by atoms with Gasteiger partial charge in [-0.15, -0.1) is 24.8 Å². The van der Waals surface area contributed by atoms with Crippen molar-refractivity contribution in [2.24, 2.45) is 0 Å². The van der Waals surface area contributed by atoms with E-state index in [1.807, 2.05) is 24.3 Å². The van der Waals surface area contributed by atoms with Gasteiger partial charge in [-0.3, -0.25) is 0 Å². The lowest BCUT2D eigenvalue weighted by atomic mass is 9.85. The van der Waals surface area contributed by atoms with Crippen molar-refractivity contribution in [3.05, 3.63) is 52.6 Å². The van der Waals surface area contributed by atoms with Gasteiger partial charge in [0.2, 0.25) is 5.75 Å². The minimum absolute atomic E-state index is 0. The number of methoxy groups -OCH3 is 5. The Morgan fingerprint density at radius 3 is 1.98 bits per heavy atom. The zero-order valence-electron chi connectivity index (χ0n) is 24.2. The van der Waals surface area contributed by atoms with E-state index in [1.165, 1.54) is 0 Å². The summed E-state index contributed by atoms with van der Waals surface area (Å²) in [5, 5.41) is 20.5. The Morgan fingerprint density at radius 1 is 0.927 bits per heavy atom. The predicted octanol–water partition coefficient (Wildman–Crippen LogP) is 3.40. The van der Waals surface area contributed by atoms with Gasteiger partial charge in [0.1, 0.15) is 6.04 Å².